The van der Waals surface area contributed by atoms with E-state index in [0.717, 1.165) is 11.4 Å². The zero-order valence-corrected chi connectivity index (χ0v) is 10.7. The lowest BCUT2D eigenvalue weighted by Crippen LogP contribution is -2.34. The Kier molecular flexibility index (Phi) is 5.19. The van der Waals surface area contributed by atoms with Crippen molar-refractivity contribution in [2.45, 2.75) is 31.7 Å². The van der Waals surface area contributed by atoms with Crippen molar-refractivity contribution in [2.24, 2.45) is 0 Å². The van der Waals surface area contributed by atoms with Crippen molar-refractivity contribution in [3.63, 3.8) is 0 Å². The molecule has 0 aliphatic heterocycles. The highest BCUT2D eigenvalue weighted by Crippen LogP contribution is 2.19. The zero-order chi connectivity index (χ0) is 12.0. The molecule has 1 rings (SSSR count). The van der Waals surface area contributed by atoms with Crippen LogP contribution in [-0.2, 0) is 0 Å². The van der Waals surface area contributed by atoms with E-state index >= 15 is 0 Å². The third-order valence-electron chi connectivity index (χ3n) is 1.84. The highest BCUT2D eigenvalue weighted by atomic mass is 32.2. The number of urea groups is 1. The van der Waals surface area contributed by atoms with Gasteiger partial charge in [0.2, 0.25) is 0 Å². The largest absolute Gasteiger partial charge is 0.336 e. The molecule has 0 aliphatic carbocycles. The van der Waals surface area contributed by atoms with Gasteiger partial charge in [0.1, 0.15) is 0 Å². The predicted octanol–water partition coefficient (Wildman–Crippen LogP) is 3.33. The van der Waals surface area contributed by atoms with Crippen molar-refractivity contribution in [3.05, 3.63) is 24.3 Å². The van der Waals surface area contributed by atoms with Crippen molar-refractivity contribution < 1.29 is 4.79 Å². The molecule has 0 fully saturated rings. The maximum Gasteiger partial charge on any atom is 0.319 e. The molecule has 88 valence electrons. The Balaban J connectivity index is 2.51. The van der Waals surface area contributed by atoms with Crippen LogP contribution in [-0.4, -0.2) is 17.8 Å². The van der Waals surface area contributed by atoms with Gasteiger partial charge in [-0.3, -0.25) is 0 Å². The summed E-state index contributed by atoms with van der Waals surface area (Å²) < 4.78 is 0. The number of benzene rings is 1. The molecule has 1 aromatic carbocycles. The topological polar surface area (TPSA) is 41.1 Å². The molecular formula is C12H18N2OS. The lowest BCUT2D eigenvalue weighted by Gasteiger charge is -2.10. The van der Waals surface area contributed by atoms with Crippen LogP contribution in [0.4, 0.5) is 10.5 Å². The number of carbonyl (C=O) groups is 1. The Morgan fingerprint density at radius 3 is 2.44 bits per heavy atom. The van der Waals surface area contributed by atoms with E-state index in [1.165, 1.54) is 4.90 Å². The predicted molar refractivity (Wildman–Crippen MR) is 70.1 cm³/mol. The molecule has 0 heterocycles. The Morgan fingerprint density at radius 1 is 1.31 bits per heavy atom. The number of thioether (sulfide) groups is 1. The smallest absolute Gasteiger partial charge is 0.319 e. The summed E-state index contributed by atoms with van der Waals surface area (Å²) in [7, 11) is 0. The summed E-state index contributed by atoms with van der Waals surface area (Å²) in [6, 6.07) is 7.84. The first kappa shape index (κ1) is 12.9. The molecule has 0 spiro atoms. The summed E-state index contributed by atoms with van der Waals surface area (Å²) in [4.78, 5) is 12.6. The fourth-order valence-corrected chi connectivity index (χ4v) is 1.89. The number of hydrogen-bond donors (Lipinski definition) is 2. The van der Waals surface area contributed by atoms with Gasteiger partial charge in [-0.15, -0.1) is 11.8 Å². The van der Waals surface area contributed by atoms with Gasteiger partial charge in [0.15, 0.2) is 0 Å². The van der Waals surface area contributed by atoms with E-state index in [-0.39, 0.29) is 12.1 Å². The van der Waals surface area contributed by atoms with Crippen LogP contribution in [0, 0.1) is 0 Å². The lowest BCUT2D eigenvalue weighted by atomic mass is 10.3. The first-order valence-electron chi connectivity index (χ1n) is 5.42. The third kappa shape index (κ3) is 4.57. The number of nitrogens with one attached hydrogen (secondary N) is 2. The quantitative estimate of drug-likeness (QED) is 0.790. The number of rotatable bonds is 4. The SMILES string of the molecule is CCSc1ccc(NC(=O)NC(C)C)cc1. The van der Waals surface area contributed by atoms with Crippen molar-refractivity contribution in [3.8, 4) is 0 Å². The van der Waals surface area contributed by atoms with E-state index in [4.69, 9.17) is 0 Å². The molecule has 0 radical (unpaired) electrons. The van der Waals surface area contributed by atoms with Crippen LogP contribution < -0.4 is 10.6 Å². The van der Waals surface area contributed by atoms with Gasteiger partial charge in [0.25, 0.3) is 0 Å². The highest BCUT2D eigenvalue weighted by Gasteiger charge is 2.02. The molecule has 0 aliphatic rings. The van der Waals surface area contributed by atoms with Gasteiger partial charge in [-0.1, -0.05) is 6.92 Å². The van der Waals surface area contributed by atoms with Crippen molar-refractivity contribution in [2.75, 3.05) is 11.1 Å². The van der Waals surface area contributed by atoms with Gasteiger partial charge >= 0.3 is 6.03 Å². The number of hydrogen-bond acceptors (Lipinski definition) is 2. The van der Waals surface area contributed by atoms with Gasteiger partial charge in [-0.25, -0.2) is 4.79 Å². The Labute approximate surface area is 101 Å². The second-order valence-electron chi connectivity index (χ2n) is 3.71. The Bertz CT molecular complexity index is 335. The van der Waals surface area contributed by atoms with Gasteiger partial charge in [0.05, 0.1) is 0 Å². The number of amides is 2. The minimum absolute atomic E-state index is 0.148. The van der Waals surface area contributed by atoms with Crippen molar-refractivity contribution in [1.29, 1.82) is 0 Å². The van der Waals surface area contributed by atoms with Gasteiger partial charge < -0.3 is 10.6 Å². The van der Waals surface area contributed by atoms with Crippen molar-refractivity contribution >= 4 is 23.5 Å². The molecule has 0 saturated heterocycles. The van der Waals surface area contributed by atoms with E-state index < -0.39 is 0 Å². The third-order valence-corrected chi connectivity index (χ3v) is 2.74. The van der Waals surface area contributed by atoms with Crippen LogP contribution in [0.5, 0.6) is 0 Å². The molecule has 2 amide bonds. The molecule has 0 unspecified atom stereocenters. The summed E-state index contributed by atoms with van der Waals surface area (Å²) >= 11 is 1.79. The lowest BCUT2D eigenvalue weighted by molar-refractivity contribution is 0.250. The molecule has 16 heavy (non-hydrogen) atoms. The molecule has 2 N–H and O–H groups in total. The first-order chi connectivity index (χ1) is 7.61. The maximum atomic E-state index is 11.4. The Morgan fingerprint density at radius 2 is 1.94 bits per heavy atom. The normalized spacial score (nSPS) is 10.2. The van der Waals surface area contributed by atoms with E-state index in [9.17, 15) is 4.79 Å². The van der Waals surface area contributed by atoms with E-state index in [1.54, 1.807) is 11.8 Å². The van der Waals surface area contributed by atoms with Crippen LogP contribution in [0.3, 0.4) is 0 Å². The van der Waals surface area contributed by atoms with Crippen molar-refractivity contribution in [1.82, 2.24) is 5.32 Å². The van der Waals surface area contributed by atoms with Crippen LogP contribution in [0.15, 0.2) is 29.2 Å². The molecule has 3 nitrogen and oxygen atoms in total. The molecule has 0 bridgehead atoms. The first-order valence-corrected chi connectivity index (χ1v) is 6.40. The van der Waals surface area contributed by atoms with E-state index in [0.29, 0.717) is 0 Å². The molecule has 0 saturated carbocycles. The standard InChI is InChI=1S/C12H18N2OS/c1-4-16-11-7-5-10(6-8-11)14-12(15)13-9(2)3/h5-9H,4H2,1-3H3,(H2,13,14,15). The summed E-state index contributed by atoms with van der Waals surface area (Å²) in [5.74, 6) is 1.06. The molecule has 0 atom stereocenters. The zero-order valence-electron chi connectivity index (χ0n) is 9.91. The average molecular weight is 238 g/mol. The minimum atomic E-state index is -0.161. The molecular weight excluding hydrogens is 220 g/mol. The van der Waals surface area contributed by atoms with E-state index in [2.05, 4.69) is 17.6 Å². The monoisotopic (exact) mass is 238 g/mol. The Hall–Kier alpha value is -1.16. The average Bonchev–Trinajstić information content (AvgIpc) is 2.20. The number of carbonyl (C=O) groups excluding carboxylic acids is 1. The number of anilines is 1. The van der Waals surface area contributed by atoms with Crippen LogP contribution in [0.25, 0.3) is 0 Å². The van der Waals surface area contributed by atoms with Gasteiger partial charge in [-0.05, 0) is 43.9 Å². The fourth-order valence-electron chi connectivity index (χ4n) is 1.23. The van der Waals surface area contributed by atoms with Crippen LogP contribution in [0.1, 0.15) is 20.8 Å². The van der Waals surface area contributed by atoms with Crippen LogP contribution >= 0.6 is 11.8 Å². The second-order valence-corrected chi connectivity index (χ2v) is 5.05. The molecule has 1 aromatic rings. The second kappa shape index (κ2) is 6.43. The molecule has 0 aromatic heterocycles. The van der Waals surface area contributed by atoms with Gasteiger partial charge in [-0.2, -0.15) is 0 Å². The summed E-state index contributed by atoms with van der Waals surface area (Å²) in [6.45, 7) is 5.98. The van der Waals surface area contributed by atoms with Gasteiger partial charge in [0, 0.05) is 16.6 Å². The molecule has 4 heteroatoms. The highest BCUT2D eigenvalue weighted by molar-refractivity contribution is 7.99. The minimum Gasteiger partial charge on any atom is -0.336 e. The summed E-state index contributed by atoms with van der Waals surface area (Å²) in [5, 5.41) is 5.56. The summed E-state index contributed by atoms with van der Waals surface area (Å²) in [6.07, 6.45) is 0. The maximum absolute atomic E-state index is 11.4. The van der Waals surface area contributed by atoms with Crippen LogP contribution in [0.2, 0.25) is 0 Å². The fraction of sp³-hybridized carbons (Fsp3) is 0.417. The summed E-state index contributed by atoms with van der Waals surface area (Å²) in [5.41, 5.74) is 0.818. The van der Waals surface area contributed by atoms with E-state index in [1.807, 2.05) is 38.1 Å².